The van der Waals surface area contributed by atoms with Crippen LogP contribution in [0.15, 0.2) is 60.9 Å². The summed E-state index contributed by atoms with van der Waals surface area (Å²) in [5.41, 5.74) is 6.56. The average Bonchev–Trinajstić information content (AvgIpc) is 3.41. The maximum atomic E-state index is 15.6. The minimum absolute atomic E-state index is 0.255. The summed E-state index contributed by atoms with van der Waals surface area (Å²) in [4.78, 5) is 21.7. The van der Waals surface area contributed by atoms with E-state index in [1.807, 2.05) is 49.4 Å². The number of halogens is 1. The molecule has 0 spiro atoms. The van der Waals surface area contributed by atoms with Crippen LogP contribution in [-0.4, -0.2) is 42.9 Å². The SMILES string of the molecule is Cc1nc2cc(-c3cccc(-c4ccncc4)c3)nn2c(-c2cc(F)c3c(c2C)CCCO3)c1[C@H](OC(C)(C)C)C(=O)O. The second kappa shape index (κ2) is 10.9. The summed E-state index contributed by atoms with van der Waals surface area (Å²) in [6.45, 7) is 9.52. The number of hydrogen-bond donors (Lipinski definition) is 1. The Hall–Kier alpha value is -4.63. The maximum Gasteiger partial charge on any atom is 0.337 e. The van der Waals surface area contributed by atoms with Crippen LogP contribution >= 0.6 is 0 Å². The molecule has 5 aromatic rings. The van der Waals surface area contributed by atoms with E-state index in [1.54, 1.807) is 44.6 Å². The first kappa shape index (κ1) is 28.5. The largest absolute Gasteiger partial charge is 0.490 e. The molecule has 2 aromatic carbocycles. The fourth-order valence-corrected chi connectivity index (χ4v) is 5.74. The first-order chi connectivity index (χ1) is 20.5. The number of rotatable bonds is 6. The number of aromatic nitrogens is 4. The lowest BCUT2D eigenvalue weighted by molar-refractivity contribution is -0.160. The van der Waals surface area contributed by atoms with Crippen molar-refractivity contribution in [2.75, 3.05) is 6.61 Å². The number of aryl methyl sites for hydroxylation is 1. The molecule has 1 aliphatic heterocycles. The zero-order valence-corrected chi connectivity index (χ0v) is 24.8. The van der Waals surface area contributed by atoms with Gasteiger partial charge in [0, 0.05) is 46.4 Å². The van der Waals surface area contributed by atoms with Gasteiger partial charge in [0.2, 0.25) is 0 Å². The number of pyridine rings is 1. The van der Waals surface area contributed by atoms with E-state index in [2.05, 4.69) is 4.98 Å². The van der Waals surface area contributed by atoms with Crippen LogP contribution in [0.25, 0.3) is 39.3 Å². The van der Waals surface area contributed by atoms with Crippen LogP contribution < -0.4 is 4.74 Å². The predicted octanol–water partition coefficient (Wildman–Crippen LogP) is 7.15. The Labute approximate surface area is 249 Å². The minimum Gasteiger partial charge on any atom is -0.490 e. The molecule has 1 atom stereocenters. The van der Waals surface area contributed by atoms with Crippen molar-refractivity contribution in [3.05, 3.63) is 89.1 Å². The highest BCUT2D eigenvalue weighted by Crippen LogP contribution is 2.42. The molecule has 0 aliphatic carbocycles. The van der Waals surface area contributed by atoms with Crippen LogP contribution in [-0.2, 0) is 16.0 Å². The van der Waals surface area contributed by atoms with Gasteiger partial charge < -0.3 is 14.6 Å². The summed E-state index contributed by atoms with van der Waals surface area (Å²) < 4.78 is 29.0. The van der Waals surface area contributed by atoms with Crippen molar-refractivity contribution in [3.8, 4) is 39.4 Å². The van der Waals surface area contributed by atoms with Crippen molar-refractivity contribution in [2.45, 2.75) is 59.2 Å². The van der Waals surface area contributed by atoms with E-state index in [9.17, 15) is 9.90 Å². The van der Waals surface area contributed by atoms with Crippen LogP contribution in [0.3, 0.4) is 0 Å². The van der Waals surface area contributed by atoms with Crippen molar-refractivity contribution >= 4 is 11.6 Å². The Kier molecular flexibility index (Phi) is 7.22. The van der Waals surface area contributed by atoms with Gasteiger partial charge in [0.25, 0.3) is 0 Å². The minimum atomic E-state index is -1.37. The van der Waals surface area contributed by atoms with Gasteiger partial charge in [0.15, 0.2) is 23.3 Å². The van der Waals surface area contributed by atoms with E-state index < -0.39 is 23.5 Å². The Bertz CT molecular complexity index is 1860. The second-order valence-electron chi connectivity index (χ2n) is 11.8. The predicted molar refractivity (Wildman–Crippen MR) is 162 cm³/mol. The number of benzene rings is 2. The van der Waals surface area contributed by atoms with Gasteiger partial charge in [0.1, 0.15) is 0 Å². The number of ether oxygens (including phenoxy) is 2. The van der Waals surface area contributed by atoms with Crippen LogP contribution in [0, 0.1) is 19.7 Å². The number of carboxylic acid groups (broad SMARTS) is 1. The van der Waals surface area contributed by atoms with Gasteiger partial charge in [-0.2, -0.15) is 5.10 Å². The number of carbonyl (C=O) groups is 1. The molecule has 0 saturated carbocycles. The highest BCUT2D eigenvalue weighted by atomic mass is 19.1. The van der Waals surface area contributed by atoms with Gasteiger partial charge in [-0.1, -0.05) is 18.2 Å². The lowest BCUT2D eigenvalue weighted by Crippen LogP contribution is -2.29. The smallest absolute Gasteiger partial charge is 0.337 e. The average molecular weight is 581 g/mol. The first-order valence-corrected chi connectivity index (χ1v) is 14.3. The normalized spacial score (nSPS) is 13.9. The zero-order chi connectivity index (χ0) is 30.5. The fourth-order valence-electron chi connectivity index (χ4n) is 5.74. The summed E-state index contributed by atoms with van der Waals surface area (Å²) in [5, 5.41) is 15.4. The van der Waals surface area contributed by atoms with E-state index in [4.69, 9.17) is 19.6 Å². The first-order valence-electron chi connectivity index (χ1n) is 14.3. The second-order valence-corrected chi connectivity index (χ2v) is 11.8. The third kappa shape index (κ3) is 5.36. The Balaban J connectivity index is 1.63. The van der Waals surface area contributed by atoms with E-state index >= 15 is 4.39 Å². The van der Waals surface area contributed by atoms with Gasteiger partial charge in [-0.05, 0) is 88.4 Å². The molecule has 43 heavy (non-hydrogen) atoms. The van der Waals surface area contributed by atoms with E-state index in [0.717, 1.165) is 34.2 Å². The topological polar surface area (TPSA) is 98.8 Å². The van der Waals surface area contributed by atoms with E-state index in [0.29, 0.717) is 46.9 Å². The summed E-state index contributed by atoms with van der Waals surface area (Å²) in [7, 11) is 0. The number of aliphatic carboxylic acids is 1. The molecule has 8 nitrogen and oxygen atoms in total. The quantitative estimate of drug-likeness (QED) is 0.228. The molecular formula is C34H33FN4O4. The van der Waals surface area contributed by atoms with Crippen LogP contribution in [0.5, 0.6) is 5.75 Å². The molecule has 4 heterocycles. The van der Waals surface area contributed by atoms with Crippen molar-refractivity contribution < 1.29 is 23.8 Å². The third-order valence-corrected chi connectivity index (χ3v) is 7.65. The molecule has 0 unspecified atom stereocenters. The van der Waals surface area contributed by atoms with E-state index in [-0.39, 0.29) is 5.75 Å². The van der Waals surface area contributed by atoms with Crippen molar-refractivity contribution in [2.24, 2.45) is 0 Å². The van der Waals surface area contributed by atoms with E-state index in [1.165, 1.54) is 6.07 Å². The number of carboxylic acids is 1. The molecule has 3 aromatic heterocycles. The van der Waals surface area contributed by atoms with Crippen molar-refractivity contribution in [1.82, 2.24) is 19.6 Å². The molecule has 1 aliphatic rings. The molecule has 6 rings (SSSR count). The van der Waals surface area contributed by atoms with Gasteiger partial charge in [-0.25, -0.2) is 18.7 Å². The Morgan fingerprint density at radius 2 is 1.81 bits per heavy atom. The van der Waals surface area contributed by atoms with Crippen LogP contribution in [0.2, 0.25) is 0 Å². The molecule has 220 valence electrons. The monoisotopic (exact) mass is 580 g/mol. The summed E-state index contributed by atoms with van der Waals surface area (Å²) in [5.74, 6) is -1.41. The van der Waals surface area contributed by atoms with Crippen LogP contribution in [0.4, 0.5) is 4.39 Å². The number of nitrogens with zero attached hydrogens (tertiary/aromatic N) is 4. The summed E-state index contributed by atoms with van der Waals surface area (Å²) in [6, 6.07) is 15.1. The maximum absolute atomic E-state index is 15.6. The van der Waals surface area contributed by atoms with Crippen molar-refractivity contribution in [3.63, 3.8) is 0 Å². The molecular weight excluding hydrogens is 547 g/mol. The lowest BCUT2D eigenvalue weighted by atomic mass is 9.91. The molecule has 9 heteroatoms. The third-order valence-electron chi connectivity index (χ3n) is 7.65. The zero-order valence-electron chi connectivity index (χ0n) is 24.8. The van der Waals surface area contributed by atoms with Gasteiger partial charge in [-0.3, -0.25) is 4.98 Å². The fraction of sp³-hybridized carbons (Fsp3) is 0.294. The summed E-state index contributed by atoms with van der Waals surface area (Å²) >= 11 is 0. The molecule has 0 radical (unpaired) electrons. The molecule has 1 N–H and O–H groups in total. The molecule has 0 fully saturated rings. The van der Waals surface area contributed by atoms with Gasteiger partial charge in [-0.15, -0.1) is 0 Å². The molecule has 0 bridgehead atoms. The molecule has 0 saturated heterocycles. The Morgan fingerprint density at radius 3 is 2.53 bits per heavy atom. The highest BCUT2D eigenvalue weighted by Gasteiger charge is 2.34. The number of fused-ring (bicyclic) bond motifs is 2. The highest BCUT2D eigenvalue weighted by molar-refractivity contribution is 5.83. The number of hydrogen-bond acceptors (Lipinski definition) is 6. The summed E-state index contributed by atoms with van der Waals surface area (Å²) in [6.07, 6.45) is 3.54. The van der Waals surface area contributed by atoms with Crippen LogP contribution in [0.1, 0.15) is 55.7 Å². The lowest BCUT2D eigenvalue weighted by Gasteiger charge is -2.28. The molecule has 0 amide bonds. The standard InChI is InChI=1S/C34H33FN4O4/c1-19-24-10-7-15-42-31(24)26(35)17-25(19)30-29(32(33(40)41)43-34(3,4)5)20(2)37-28-18-27(38-39(28)30)23-9-6-8-22(16-23)21-11-13-36-14-12-21/h6,8-9,11-14,16-18,32H,7,10,15H2,1-5H3,(H,40,41)/t32-/m0/s1. The van der Waals surface area contributed by atoms with Gasteiger partial charge >= 0.3 is 5.97 Å². The Morgan fingerprint density at radius 1 is 1.07 bits per heavy atom. The van der Waals surface area contributed by atoms with Crippen molar-refractivity contribution in [1.29, 1.82) is 0 Å². The van der Waals surface area contributed by atoms with Gasteiger partial charge in [0.05, 0.1) is 23.6 Å².